The van der Waals surface area contributed by atoms with Gasteiger partial charge in [-0.2, -0.15) is 0 Å². The summed E-state index contributed by atoms with van der Waals surface area (Å²) in [4.78, 5) is 14.0. The largest absolute Gasteiger partial charge is 0.494 e. The van der Waals surface area contributed by atoms with Gasteiger partial charge in [-0.3, -0.25) is 4.90 Å². The molecule has 4 aromatic rings. The Bertz CT molecular complexity index is 1560. The number of aromatic hydroxyl groups is 1. The third kappa shape index (κ3) is 6.42. The molecule has 1 unspecified atom stereocenters. The first-order valence-corrected chi connectivity index (χ1v) is 14.5. The second-order valence-corrected chi connectivity index (χ2v) is 11.7. The lowest BCUT2D eigenvalue weighted by molar-refractivity contribution is 0.0374. The fraction of sp³-hybridized carbons (Fsp3) is 0.407. The van der Waals surface area contributed by atoms with Gasteiger partial charge >= 0.3 is 0 Å². The van der Waals surface area contributed by atoms with E-state index in [1.54, 1.807) is 19.1 Å². The Labute approximate surface area is 239 Å². The summed E-state index contributed by atoms with van der Waals surface area (Å²) >= 11 is 0. The van der Waals surface area contributed by atoms with Crippen molar-refractivity contribution in [3.8, 4) is 28.6 Å². The zero-order valence-corrected chi connectivity index (χ0v) is 24.1. The Balaban J connectivity index is 0.00000370. The van der Waals surface area contributed by atoms with Crippen molar-refractivity contribution in [3.05, 3.63) is 42.7 Å². The average molecular weight is 592 g/mol. The van der Waals surface area contributed by atoms with E-state index < -0.39 is 15.3 Å². The Morgan fingerprint density at radius 2 is 1.93 bits per heavy atom. The van der Waals surface area contributed by atoms with Crippen LogP contribution in [0.15, 0.2) is 42.7 Å². The van der Waals surface area contributed by atoms with Gasteiger partial charge in [-0.25, -0.2) is 23.1 Å². The van der Waals surface area contributed by atoms with Crippen LogP contribution in [0.5, 0.6) is 17.4 Å². The molecule has 2 aromatic carbocycles. The maximum Gasteiger partial charge on any atom is 0.214 e. The van der Waals surface area contributed by atoms with E-state index in [0.29, 0.717) is 53.3 Å². The van der Waals surface area contributed by atoms with Crippen molar-refractivity contribution in [1.82, 2.24) is 24.6 Å². The van der Waals surface area contributed by atoms with Gasteiger partial charge in [0.05, 0.1) is 42.3 Å². The molecule has 1 saturated heterocycles. The molecule has 1 atom stereocenters. The van der Waals surface area contributed by atoms with Crippen molar-refractivity contribution in [1.29, 1.82) is 0 Å². The molecule has 1 aliphatic rings. The summed E-state index contributed by atoms with van der Waals surface area (Å²) in [6.45, 7) is 5.70. The van der Waals surface area contributed by atoms with Gasteiger partial charge in [-0.1, -0.05) is 18.2 Å². The highest BCUT2D eigenvalue weighted by molar-refractivity contribution is 7.90. The Hall–Kier alpha value is -3.16. The van der Waals surface area contributed by atoms with Gasteiger partial charge in [-0.05, 0) is 32.0 Å². The van der Waals surface area contributed by atoms with Crippen LogP contribution in [-0.4, -0.2) is 91.7 Å². The lowest BCUT2D eigenvalue weighted by Crippen LogP contribution is -2.40. The van der Waals surface area contributed by atoms with E-state index >= 15 is 0 Å². The summed E-state index contributed by atoms with van der Waals surface area (Å²) in [5.41, 5.74) is 2.52. The molecule has 0 radical (unpaired) electrons. The molecule has 0 spiro atoms. The molecular formula is C27H34ClN5O6S. The van der Waals surface area contributed by atoms with E-state index in [1.165, 1.54) is 13.4 Å². The Morgan fingerprint density at radius 3 is 2.70 bits per heavy atom. The minimum absolute atomic E-state index is 0. The average Bonchev–Trinajstić information content (AvgIpc) is 3.29. The zero-order chi connectivity index (χ0) is 27.4. The number of nitrogens with zero attached hydrogens (tertiary/aromatic N) is 3. The van der Waals surface area contributed by atoms with Crippen LogP contribution < -0.4 is 14.2 Å². The molecule has 11 nitrogen and oxygen atoms in total. The quantitative estimate of drug-likeness (QED) is 0.224. The fourth-order valence-electron chi connectivity index (χ4n) is 4.73. The smallest absolute Gasteiger partial charge is 0.214 e. The molecule has 1 aliphatic heterocycles. The first-order valence-electron chi connectivity index (χ1n) is 12.9. The van der Waals surface area contributed by atoms with Crippen LogP contribution in [-0.2, 0) is 14.8 Å². The van der Waals surface area contributed by atoms with Crippen LogP contribution >= 0.6 is 12.4 Å². The molecule has 3 N–H and O–H groups in total. The molecule has 40 heavy (non-hydrogen) atoms. The summed E-state index contributed by atoms with van der Waals surface area (Å²) in [6.07, 6.45) is 1.98. The third-order valence-electron chi connectivity index (χ3n) is 6.99. The lowest BCUT2D eigenvalue weighted by atomic mass is 10.0. The summed E-state index contributed by atoms with van der Waals surface area (Å²) in [7, 11) is -1.96. The van der Waals surface area contributed by atoms with Crippen LogP contribution in [0.2, 0.25) is 0 Å². The molecular weight excluding hydrogens is 558 g/mol. The molecule has 216 valence electrons. The lowest BCUT2D eigenvalue weighted by Gasteiger charge is -2.27. The Morgan fingerprint density at radius 1 is 1.15 bits per heavy atom. The number of morpholine rings is 1. The number of methoxy groups -OCH3 is 1. The van der Waals surface area contributed by atoms with Gasteiger partial charge in [0.25, 0.3) is 0 Å². The molecule has 13 heteroatoms. The van der Waals surface area contributed by atoms with Gasteiger partial charge in [0.15, 0.2) is 17.4 Å². The third-order valence-corrected chi connectivity index (χ3v) is 8.89. The number of sulfonamides is 1. The van der Waals surface area contributed by atoms with E-state index in [1.807, 2.05) is 24.3 Å². The summed E-state index contributed by atoms with van der Waals surface area (Å²) in [6, 6.07) is 11.1. The van der Waals surface area contributed by atoms with E-state index in [-0.39, 0.29) is 31.4 Å². The van der Waals surface area contributed by atoms with E-state index in [4.69, 9.17) is 14.2 Å². The van der Waals surface area contributed by atoms with Crippen LogP contribution in [0.4, 0.5) is 0 Å². The molecule has 0 saturated carbocycles. The van der Waals surface area contributed by atoms with Gasteiger partial charge in [0.2, 0.25) is 10.0 Å². The van der Waals surface area contributed by atoms with Crippen LogP contribution in [0.1, 0.15) is 13.3 Å². The molecule has 3 heterocycles. The number of rotatable bonds is 11. The number of H-pyrrole nitrogens is 1. The second kappa shape index (κ2) is 13.0. The molecule has 1 fully saturated rings. The normalized spacial score (nSPS) is 15.2. The highest BCUT2D eigenvalue weighted by atomic mass is 35.5. The van der Waals surface area contributed by atoms with Crippen molar-refractivity contribution in [3.63, 3.8) is 0 Å². The van der Waals surface area contributed by atoms with Gasteiger partial charge in [0, 0.05) is 42.0 Å². The number of nitrogens with one attached hydrogen (secondary N) is 2. The van der Waals surface area contributed by atoms with Crippen molar-refractivity contribution in [2.24, 2.45) is 0 Å². The van der Waals surface area contributed by atoms with Crippen molar-refractivity contribution < 1.29 is 27.7 Å². The van der Waals surface area contributed by atoms with Crippen LogP contribution in [0, 0.1) is 0 Å². The van der Waals surface area contributed by atoms with E-state index in [9.17, 15) is 13.5 Å². The molecule has 0 amide bonds. The number of para-hydroxylation sites is 1. The minimum Gasteiger partial charge on any atom is -0.494 e. The predicted octanol–water partition coefficient (Wildman–Crippen LogP) is 3.32. The van der Waals surface area contributed by atoms with Gasteiger partial charge < -0.3 is 24.3 Å². The number of aromatic nitrogens is 3. The fourth-order valence-corrected chi connectivity index (χ4v) is 5.80. The van der Waals surface area contributed by atoms with Crippen LogP contribution in [0.3, 0.4) is 0 Å². The van der Waals surface area contributed by atoms with E-state index in [2.05, 4.69) is 24.6 Å². The van der Waals surface area contributed by atoms with Crippen molar-refractivity contribution >= 4 is 44.2 Å². The molecule has 5 rings (SSSR count). The Kier molecular flexibility index (Phi) is 9.69. The predicted molar refractivity (Wildman–Crippen MR) is 156 cm³/mol. The maximum absolute atomic E-state index is 12.7. The topological polar surface area (TPSA) is 139 Å². The molecule has 0 aliphatic carbocycles. The SMILES string of the molecule is COc1cc2c(-c3c(O)[nH]c4ccccc34)ncnc2cc1OCCNS(=O)(=O)C(C)CCN1CCOCC1.Cl. The molecule has 0 bridgehead atoms. The second-order valence-electron chi connectivity index (χ2n) is 9.48. The summed E-state index contributed by atoms with van der Waals surface area (Å²) in [5.74, 6) is 0.888. The maximum atomic E-state index is 12.7. The number of hydrogen-bond donors (Lipinski definition) is 3. The standard InChI is InChI=1S/C27H33N5O6S.ClH/c1-18(7-9-32-10-13-37-14-11-32)39(34,35)30-8-12-38-24-16-22-20(15-23(24)36-2)26(29-17-28-22)25-19-5-3-4-6-21(19)31-27(25)33;/h3-6,15-18,30-31,33H,7-14H2,1-2H3;1H. The number of fused-ring (bicyclic) bond motifs is 2. The van der Waals surface area contributed by atoms with Crippen molar-refractivity contribution in [2.75, 3.05) is 53.1 Å². The van der Waals surface area contributed by atoms with Gasteiger partial charge in [0.1, 0.15) is 12.9 Å². The first kappa shape index (κ1) is 29.8. The number of aromatic amines is 1. The summed E-state index contributed by atoms with van der Waals surface area (Å²) < 4.78 is 44.9. The first-order chi connectivity index (χ1) is 18.9. The van der Waals surface area contributed by atoms with Crippen LogP contribution in [0.25, 0.3) is 33.1 Å². The summed E-state index contributed by atoms with van der Waals surface area (Å²) in [5, 5.41) is 11.6. The van der Waals surface area contributed by atoms with Crippen molar-refractivity contribution in [2.45, 2.75) is 18.6 Å². The number of ether oxygens (including phenoxy) is 3. The van der Waals surface area contributed by atoms with Gasteiger partial charge in [-0.15, -0.1) is 12.4 Å². The number of hydrogen-bond acceptors (Lipinski definition) is 9. The highest BCUT2D eigenvalue weighted by Crippen LogP contribution is 2.41. The van der Waals surface area contributed by atoms with E-state index in [0.717, 1.165) is 30.5 Å². The number of halogens is 1. The minimum atomic E-state index is -3.49. The highest BCUT2D eigenvalue weighted by Gasteiger charge is 2.22. The zero-order valence-electron chi connectivity index (χ0n) is 22.4. The number of benzene rings is 2. The monoisotopic (exact) mass is 591 g/mol. The molecule has 2 aromatic heterocycles.